The Balaban J connectivity index is 2.38. The number of benzene rings is 1. The van der Waals surface area contributed by atoms with E-state index in [9.17, 15) is 0 Å². The van der Waals surface area contributed by atoms with Gasteiger partial charge in [-0.15, -0.1) is 0 Å². The zero-order valence-corrected chi connectivity index (χ0v) is 8.61. The summed E-state index contributed by atoms with van der Waals surface area (Å²) in [5.41, 5.74) is 2.80. The highest BCUT2D eigenvalue weighted by Crippen LogP contribution is 2.41. The molecule has 0 heterocycles. The van der Waals surface area contributed by atoms with Gasteiger partial charge in [0.15, 0.2) is 0 Å². The van der Waals surface area contributed by atoms with Gasteiger partial charge in [-0.1, -0.05) is 12.1 Å². The average molecular weight is 200 g/mol. The monoisotopic (exact) mass is 200 g/mol. The number of aliphatic hydroxyl groups excluding tert-OH is 1. The molecule has 0 saturated heterocycles. The van der Waals surface area contributed by atoms with E-state index in [1.54, 1.807) is 0 Å². The minimum Gasteiger partial charge on any atom is -0.396 e. The van der Waals surface area contributed by atoms with E-state index in [2.05, 4.69) is 13.0 Å². The quantitative estimate of drug-likeness (QED) is 0.813. The molecule has 1 aliphatic carbocycles. The molecule has 1 aliphatic rings. The summed E-state index contributed by atoms with van der Waals surface area (Å²) in [6.45, 7) is 3.84. The maximum absolute atomic E-state index is 9.08. The number of nitrogens with zero attached hydrogens (tertiary/aromatic N) is 1. The molecule has 0 spiro atoms. The summed E-state index contributed by atoms with van der Waals surface area (Å²) in [6, 6.07) is 8.04. The summed E-state index contributed by atoms with van der Waals surface area (Å²) >= 11 is 0. The summed E-state index contributed by atoms with van der Waals surface area (Å²) in [4.78, 5) is 0. The van der Waals surface area contributed by atoms with Gasteiger partial charge in [-0.25, -0.2) is 0 Å². The molecule has 1 unspecified atom stereocenters. The number of nitriles is 1. The van der Waals surface area contributed by atoms with E-state index in [-0.39, 0.29) is 12.5 Å². The molecule has 77 valence electrons. The molecule has 2 heteroatoms. The van der Waals surface area contributed by atoms with Crippen LogP contribution in [0.4, 0.5) is 0 Å². The molecule has 15 heavy (non-hydrogen) atoms. The predicted molar refractivity (Wildman–Crippen MR) is 58.3 cm³/mol. The van der Waals surface area contributed by atoms with Crippen LogP contribution in [0.2, 0.25) is 0 Å². The zero-order chi connectivity index (χ0) is 10.8. The molecular weight excluding hydrogens is 186 g/mol. The lowest BCUT2D eigenvalue weighted by atomic mass is 9.93. The van der Waals surface area contributed by atoms with Gasteiger partial charge in [0.2, 0.25) is 0 Å². The first-order valence-corrected chi connectivity index (χ1v) is 5.24. The molecular formula is C13H14NO. The van der Waals surface area contributed by atoms with E-state index in [1.165, 1.54) is 18.4 Å². The molecule has 2 rings (SSSR count). The second-order valence-corrected chi connectivity index (χ2v) is 4.11. The van der Waals surface area contributed by atoms with E-state index >= 15 is 0 Å². The van der Waals surface area contributed by atoms with Crippen molar-refractivity contribution < 1.29 is 5.11 Å². The van der Waals surface area contributed by atoms with Gasteiger partial charge in [0.05, 0.1) is 11.6 Å². The Morgan fingerprint density at radius 2 is 2.27 bits per heavy atom. The highest BCUT2D eigenvalue weighted by atomic mass is 16.3. The van der Waals surface area contributed by atoms with Crippen LogP contribution in [-0.2, 0) is 0 Å². The van der Waals surface area contributed by atoms with E-state index in [4.69, 9.17) is 10.4 Å². The molecule has 1 saturated carbocycles. The van der Waals surface area contributed by atoms with Crippen molar-refractivity contribution in [2.75, 3.05) is 6.61 Å². The van der Waals surface area contributed by atoms with Gasteiger partial charge in [-0.3, -0.25) is 0 Å². The van der Waals surface area contributed by atoms with Crippen molar-refractivity contribution in [3.8, 4) is 6.07 Å². The zero-order valence-electron chi connectivity index (χ0n) is 8.61. The van der Waals surface area contributed by atoms with Crippen molar-refractivity contribution in [1.82, 2.24) is 0 Å². The second kappa shape index (κ2) is 4.04. The van der Waals surface area contributed by atoms with Crippen LogP contribution in [0.3, 0.4) is 0 Å². The van der Waals surface area contributed by atoms with Gasteiger partial charge in [-0.2, -0.15) is 5.26 Å². The molecule has 0 aliphatic heterocycles. The Kier molecular flexibility index (Phi) is 2.75. The van der Waals surface area contributed by atoms with Crippen LogP contribution in [-0.4, -0.2) is 11.7 Å². The third kappa shape index (κ3) is 2.03. The topological polar surface area (TPSA) is 44.0 Å². The first-order chi connectivity index (χ1) is 7.26. The summed E-state index contributed by atoms with van der Waals surface area (Å²) in [6.07, 6.45) is 2.48. The van der Waals surface area contributed by atoms with Crippen LogP contribution in [0, 0.1) is 18.3 Å². The Morgan fingerprint density at radius 3 is 2.80 bits per heavy atom. The lowest BCUT2D eigenvalue weighted by Gasteiger charge is -2.11. The maximum Gasteiger partial charge on any atom is 0.0994 e. The van der Waals surface area contributed by atoms with Crippen molar-refractivity contribution in [3.63, 3.8) is 0 Å². The van der Waals surface area contributed by atoms with Crippen LogP contribution in [0.15, 0.2) is 18.2 Å². The maximum atomic E-state index is 9.08. The minimum absolute atomic E-state index is 0.0111. The van der Waals surface area contributed by atoms with E-state index in [0.717, 1.165) is 5.56 Å². The van der Waals surface area contributed by atoms with Crippen molar-refractivity contribution in [2.45, 2.75) is 24.7 Å². The third-order valence-corrected chi connectivity index (χ3v) is 2.91. The van der Waals surface area contributed by atoms with Gasteiger partial charge in [0.1, 0.15) is 0 Å². The summed E-state index contributed by atoms with van der Waals surface area (Å²) in [5.74, 6) is 0.473. The normalized spacial score (nSPS) is 17.1. The van der Waals surface area contributed by atoms with Crippen molar-refractivity contribution >= 4 is 0 Å². The Bertz CT molecular complexity index is 401. The second-order valence-electron chi connectivity index (χ2n) is 4.11. The first-order valence-electron chi connectivity index (χ1n) is 5.24. The summed E-state index contributed by atoms with van der Waals surface area (Å²) < 4.78 is 0. The number of hydrogen-bond donors (Lipinski definition) is 1. The summed E-state index contributed by atoms with van der Waals surface area (Å²) in [7, 11) is 0. The van der Waals surface area contributed by atoms with Crippen LogP contribution in [0.25, 0.3) is 0 Å². The van der Waals surface area contributed by atoms with E-state index in [0.29, 0.717) is 11.5 Å². The molecule has 1 aromatic carbocycles. The molecule has 1 fully saturated rings. The molecule has 0 bridgehead atoms. The van der Waals surface area contributed by atoms with Crippen LogP contribution in [0.1, 0.15) is 41.4 Å². The van der Waals surface area contributed by atoms with E-state index in [1.807, 2.05) is 18.2 Å². The summed E-state index contributed by atoms with van der Waals surface area (Å²) in [5, 5.41) is 18.0. The smallest absolute Gasteiger partial charge is 0.0994 e. The molecule has 1 aromatic rings. The molecule has 0 aromatic heterocycles. The molecule has 1 radical (unpaired) electrons. The lowest BCUT2D eigenvalue weighted by Crippen LogP contribution is -2.03. The molecule has 0 amide bonds. The Morgan fingerprint density at radius 1 is 1.53 bits per heavy atom. The SMILES string of the molecule is [CH2]C(CO)c1cc(C2CC2)ccc1C#N. The number of rotatable bonds is 3. The van der Waals surface area contributed by atoms with E-state index < -0.39 is 0 Å². The van der Waals surface area contributed by atoms with Crippen LogP contribution >= 0.6 is 0 Å². The number of hydrogen-bond acceptors (Lipinski definition) is 2. The minimum atomic E-state index is -0.196. The highest BCUT2D eigenvalue weighted by molar-refractivity contribution is 5.44. The fourth-order valence-corrected chi connectivity index (χ4v) is 1.79. The van der Waals surface area contributed by atoms with Gasteiger partial charge in [-0.05, 0) is 42.9 Å². The molecule has 2 nitrogen and oxygen atoms in total. The van der Waals surface area contributed by atoms with Gasteiger partial charge >= 0.3 is 0 Å². The third-order valence-electron chi connectivity index (χ3n) is 2.91. The molecule has 1 atom stereocenters. The van der Waals surface area contributed by atoms with Crippen LogP contribution in [0.5, 0.6) is 0 Å². The Labute approximate surface area is 90.2 Å². The number of aliphatic hydroxyl groups is 1. The fraction of sp³-hybridized carbons (Fsp3) is 0.385. The molecule has 1 N–H and O–H groups in total. The standard InChI is InChI=1S/C13H14NO/c1-9(8-15)13-6-11(10-2-3-10)4-5-12(13)7-14/h4-6,9-10,15H,1-3,8H2. The van der Waals surface area contributed by atoms with Crippen molar-refractivity contribution in [3.05, 3.63) is 41.8 Å². The van der Waals surface area contributed by atoms with Crippen molar-refractivity contribution in [1.29, 1.82) is 5.26 Å². The Hall–Kier alpha value is -1.33. The predicted octanol–water partition coefficient (Wildman–Crippen LogP) is 2.35. The van der Waals surface area contributed by atoms with Gasteiger partial charge in [0, 0.05) is 12.5 Å². The average Bonchev–Trinajstić information content (AvgIpc) is 3.11. The van der Waals surface area contributed by atoms with Crippen molar-refractivity contribution in [2.24, 2.45) is 0 Å². The lowest BCUT2D eigenvalue weighted by molar-refractivity contribution is 0.282. The largest absolute Gasteiger partial charge is 0.396 e. The van der Waals surface area contributed by atoms with Gasteiger partial charge in [0.25, 0.3) is 0 Å². The fourth-order valence-electron chi connectivity index (χ4n) is 1.79. The first kappa shape index (κ1) is 10.2. The van der Waals surface area contributed by atoms with Gasteiger partial charge < -0.3 is 5.11 Å². The highest BCUT2D eigenvalue weighted by Gasteiger charge is 2.24. The van der Waals surface area contributed by atoms with Crippen LogP contribution < -0.4 is 0 Å².